The van der Waals surface area contributed by atoms with Crippen molar-refractivity contribution in [2.75, 3.05) is 44.6 Å². The van der Waals surface area contributed by atoms with Crippen molar-refractivity contribution < 1.29 is 32.7 Å². The number of carbonyl (C=O) groups excluding carboxylic acids is 2. The molecule has 3 N–H and O–H groups in total. The first kappa shape index (κ1) is 26.5. The van der Waals surface area contributed by atoms with E-state index < -0.39 is 29.9 Å². The molecule has 2 unspecified atom stereocenters. The zero-order valence-electron chi connectivity index (χ0n) is 20.6. The van der Waals surface area contributed by atoms with Crippen molar-refractivity contribution in [1.29, 1.82) is 0 Å². The molecular weight excluding hydrogens is 523 g/mol. The minimum Gasteiger partial charge on any atom is -0.465 e. The maximum absolute atomic E-state index is 12.6. The third-order valence-corrected chi connectivity index (χ3v) is 7.32. The maximum Gasteiger partial charge on any atom is 0.471 e. The van der Waals surface area contributed by atoms with Crippen molar-refractivity contribution in [3.8, 4) is 5.69 Å². The molecule has 39 heavy (non-hydrogen) atoms. The van der Waals surface area contributed by atoms with Gasteiger partial charge in [-0.3, -0.25) is 19.6 Å². The fraction of sp³-hybridized carbons (Fsp3) is 0.458. The number of halogens is 3. The Morgan fingerprint density at radius 3 is 2.15 bits per heavy atom. The molecule has 1 saturated carbocycles. The lowest BCUT2D eigenvalue weighted by Gasteiger charge is -2.34. The molecule has 5 rings (SSSR count). The van der Waals surface area contributed by atoms with Crippen molar-refractivity contribution in [1.82, 2.24) is 29.6 Å². The highest BCUT2D eigenvalue weighted by Gasteiger charge is 2.56. The number of hydrogen-bond donors (Lipinski definition) is 3. The SMILES string of the molecule is O=C(O)NC1C2CN(Cc3ccc(-n4ccc(NC(=O)N5CCN(C(=O)C(F)(F)F)CC5)nc4=O)cc3)CC21. The summed E-state index contributed by atoms with van der Waals surface area (Å²) in [5.41, 5.74) is 0.997. The number of urea groups is 1. The second-order valence-electron chi connectivity index (χ2n) is 9.84. The highest BCUT2D eigenvalue weighted by molar-refractivity contribution is 5.88. The minimum absolute atomic E-state index is 0.00467. The van der Waals surface area contributed by atoms with Crippen LogP contribution in [0, 0.1) is 11.8 Å². The fourth-order valence-electron chi connectivity index (χ4n) is 5.27. The van der Waals surface area contributed by atoms with Crippen LogP contribution in [-0.2, 0) is 11.3 Å². The van der Waals surface area contributed by atoms with E-state index in [1.807, 2.05) is 12.1 Å². The second kappa shape index (κ2) is 10.2. The number of likely N-dealkylation sites (tertiary alicyclic amines) is 1. The van der Waals surface area contributed by atoms with E-state index in [9.17, 15) is 32.3 Å². The van der Waals surface area contributed by atoms with Gasteiger partial charge in [-0.1, -0.05) is 12.1 Å². The molecule has 3 fully saturated rings. The average Bonchev–Trinajstić information content (AvgIpc) is 3.31. The number of hydrogen-bond acceptors (Lipinski definition) is 6. The van der Waals surface area contributed by atoms with Crippen molar-refractivity contribution >= 4 is 23.8 Å². The Labute approximate surface area is 220 Å². The van der Waals surface area contributed by atoms with Gasteiger partial charge in [-0.05, 0) is 35.6 Å². The van der Waals surface area contributed by atoms with Crippen LogP contribution in [0.2, 0.25) is 0 Å². The van der Waals surface area contributed by atoms with E-state index >= 15 is 0 Å². The average molecular weight is 550 g/mol. The van der Waals surface area contributed by atoms with Crippen LogP contribution in [0.5, 0.6) is 0 Å². The third kappa shape index (κ3) is 5.82. The van der Waals surface area contributed by atoms with Crippen LogP contribution in [0.1, 0.15) is 5.56 Å². The summed E-state index contributed by atoms with van der Waals surface area (Å²) in [7, 11) is 0. The first-order valence-corrected chi connectivity index (χ1v) is 12.3. The summed E-state index contributed by atoms with van der Waals surface area (Å²) in [5.74, 6) is -1.23. The fourth-order valence-corrected chi connectivity index (χ4v) is 5.27. The molecule has 1 aromatic heterocycles. The number of piperazine rings is 1. The Morgan fingerprint density at radius 1 is 0.974 bits per heavy atom. The van der Waals surface area contributed by atoms with Crippen LogP contribution >= 0.6 is 0 Å². The largest absolute Gasteiger partial charge is 0.471 e. The standard InChI is InChI=1S/C24H26F3N7O5/c25-24(26,27)20(35)32-7-9-33(10-8-32)21(36)28-18-5-6-34(22(37)29-18)15-3-1-14(2-4-15)11-31-12-16-17(13-31)19(16)30-23(38)39/h1-6,16-17,19,30H,7-13H2,(H,38,39)(H,28,29,36,37). The summed E-state index contributed by atoms with van der Waals surface area (Å²) in [4.78, 5) is 55.3. The Bertz CT molecular complexity index is 1310. The Balaban J connectivity index is 1.12. The molecule has 0 bridgehead atoms. The number of carbonyl (C=O) groups is 3. The number of benzene rings is 1. The number of nitrogens with zero attached hydrogens (tertiary/aromatic N) is 5. The minimum atomic E-state index is -4.96. The number of carboxylic acid groups (broad SMARTS) is 1. The van der Waals surface area contributed by atoms with Crippen molar-refractivity contribution in [2.24, 2.45) is 11.8 Å². The molecule has 1 aromatic carbocycles. The van der Waals surface area contributed by atoms with Gasteiger partial charge in [0.1, 0.15) is 5.82 Å². The third-order valence-electron chi connectivity index (χ3n) is 7.32. The van der Waals surface area contributed by atoms with Gasteiger partial charge in [0.05, 0.1) is 5.69 Å². The van der Waals surface area contributed by atoms with Crippen LogP contribution in [0.15, 0.2) is 41.3 Å². The van der Waals surface area contributed by atoms with E-state index in [0.717, 1.165) is 18.7 Å². The summed E-state index contributed by atoms with van der Waals surface area (Å²) in [6, 6.07) is 8.22. The lowest BCUT2D eigenvalue weighted by molar-refractivity contribution is -0.186. The van der Waals surface area contributed by atoms with Crippen molar-refractivity contribution in [2.45, 2.75) is 18.8 Å². The van der Waals surface area contributed by atoms with Gasteiger partial charge in [-0.25, -0.2) is 14.4 Å². The molecule has 2 saturated heterocycles. The number of anilines is 1. The molecule has 12 nitrogen and oxygen atoms in total. The molecule has 2 atom stereocenters. The first-order valence-electron chi connectivity index (χ1n) is 12.3. The molecule has 3 aliphatic rings. The first-order chi connectivity index (χ1) is 18.5. The lowest BCUT2D eigenvalue weighted by Crippen LogP contribution is -2.54. The molecule has 208 valence electrons. The quantitative estimate of drug-likeness (QED) is 0.509. The number of fused-ring (bicyclic) bond motifs is 1. The van der Waals surface area contributed by atoms with E-state index in [1.165, 1.54) is 21.7 Å². The molecule has 2 aromatic rings. The van der Waals surface area contributed by atoms with Gasteiger partial charge < -0.3 is 20.2 Å². The number of piperidine rings is 1. The molecule has 3 heterocycles. The van der Waals surface area contributed by atoms with Crippen molar-refractivity contribution in [3.05, 3.63) is 52.6 Å². The number of alkyl halides is 3. The highest BCUT2D eigenvalue weighted by atomic mass is 19.4. The van der Waals surface area contributed by atoms with Gasteiger partial charge in [0, 0.05) is 58.1 Å². The van der Waals surface area contributed by atoms with E-state index in [4.69, 9.17) is 5.11 Å². The summed E-state index contributed by atoms with van der Waals surface area (Å²) < 4.78 is 39.1. The summed E-state index contributed by atoms with van der Waals surface area (Å²) >= 11 is 0. The number of amides is 4. The second-order valence-corrected chi connectivity index (χ2v) is 9.84. The zero-order valence-corrected chi connectivity index (χ0v) is 20.6. The molecule has 0 radical (unpaired) electrons. The summed E-state index contributed by atoms with van der Waals surface area (Å²) in [5, 5.41) is 13.9. The molecular formula is C24H26F3N7O5. The van der Waals surface area contributed by atoms with E-state index in [-0.39, 0.29) is 38.0 Å². The zero-order chi connectivity index (χ0) is 27.9. The summed E-state index contributed by atoms with van der Waals surface area (Å²) in [6.07, 6.45) is -4.49. The highest BCUT2D eigenvalue weighted by Crippen LogP contribution is 2.45. The van der Waals surface area contributed by atoms with Crippen LogP contribution in [0.3, 0.4) is 0 Å². The lowest BCUT2D eigenvalue weighted by atomic mass is 10.2. The maximum atomic E-state index is 12.6. The topological polar surface area (TPSA) is 140 Å². The predicted octanol–water partition coefficient (Wildman–Crippen LogP) is 1.17. The van der Waals surface area contributed by atoms with E-state index in [1.54, 1.807) is 12.1 Å². The van der Waals surface area contributed by atoms with Gasteiger partial charge in [0.2, 0.25) is 0 Å². The number of aromatic nitrogens is 2. The molecule has 2 aliphatic heterocycles. The van der Waals surface area contributed by atoms with Crippen LogP contribution in [-0.4, -0.2) is 98.9 Å². The van der Waals surface area contributed by atoms with Crippen LogP contribution in [0.4, 0.5) is 28.6 Å². The van der Waals surface area contributed by atoms with E-state index in [2.05, 4.69) is 20.5 Å². The van der Waals surface area contributed by atoms with Gasteiger partial charge in [0.15, 0.2) is 0 Å². The Morgan fingerprint density at radius 2 is 1.59 bits per heavy atom. The smallest absolute Gasteiger partial charge is 0.465 e. The van der Waals surface area contributed by atoms with Gasteiger partial charge >= 0.3 is 29.9 Å². The van der Waals surface area contributed by atoms with E-state index in [0.29, 0.717) is 29.0 Å². The van der Waals surface area contributed by atoms with Crippen LogP contribution in [0.25, 0.3) is 5.69 Å². The summed E-state index contributed by atoms with van der Waals surface area (Å²) in [6.45, 7) is 1.69. The molecule has 15 heteroatoms. The molecule has 4 amide bonds. The Kier molecular flexibility index (Phi) is 6.92. The number of nitrogens with one attached hydrogen (secondary N) is 2. The normalized spacial score (nSPS) is 22.8. The van der Waals surface area contributed by atoms with Crippen LogP contribution < -0.4 is 16.3 Å². The number of rotatable bonds is 5. The van der Waals surface area contributed by atoms with Crippen molar-refractivity contribution in [3.63, 3.8) is 0 Å². The van der Waals surface area contributed by atoms with Gasteiger partial charge in [-0.2, -0.15) is 18.2 Å². The Hall–Kier alpha value is -4.14. The molecule has 0 spiro atoms. The monoisotopic (exact) mass is 549 g/mol. The van der Waals surface area contributed by atoms with Gasteiger partial charge in [0.25, 0.3) is 0 Å². The predicted molar refractivity (Wildman–Crippen MR) is 130 cm³/mol. The molecule has 1 aliphatic carbocycles. The van der Waals surface area contributed by atoms with Gasteiger partial charge in [-0.15, -0.1) is 0 Å².